The second kappa shape index (κ2) is 12.4. The number of β-amino-alcohol motifs (C(OH)–C–C–N with tert-alkyl or cyclic N) is 1. The molecule has 5 rings (SSSR count). The highest BCUT2D eigenvalue weighted by Gasteiger charge is 2.47. The van der Waals surface area contributed by atoms with Crippen molar-refractivity contribution in [2.75, 3.05) is 19.6 Å². The number of aliphatic hydroxyl groups excluding tert-OH is 1. The minimum atomic E-state index is -0.793. The van der Waals surface area contributed by atoms with E-state index in [1.54, 1.807) is 11.3 Å². The van der Waals surface area contributed by atoms with Crippen molar-refractivity contribution in [1.82, 2.24) is 25.8 Å². The molecule has 1 aromatic heterocycles. The van der Waals surface area contributed by atoms with Crippen molar-refractivity contribution in [2.24, 2.45) is 16.7 Å². The highest BCUT2D eigenvalue weighted by molar-refractivity contribution is 7.13. The van der Waals surface area contributed by atoms with Gasteiger partial charge in [-0.2, -0.15) is 0 Å². The van der Waals surface area contributed by atoms with E-state index in [0.717, 1.165) is 47.6 Å². The van der Waals surface area contributed by atoms with E-state index in [2.05, 4.69) is 20.9 Å². The molecule has 9 nitrogen and oxygen atoms in total. The molecule has 3 amide bonds. The van der Waals surface area contributed by atoms with Crippen LogP contribution in [0.15, 0.2) is 29.8 Å². The SMILES string of the molecule is Cc1ncsc1-c1ccc(CNC(=O)[C@@H]2C[C@@H](O)CN2C(=O)[C@@H](NC(=O)CC2CC3(CCNCC3)C2)C(C)(C)C)cc1. The first kappa shape index (κ1) is 30.6. The Morgan fingerprint density at radius 2 is 1.86 bits per heavy atom. The summed E-state index contributed by atoms with van der Waals surface area (Å²) in [4.78, 5) is 47.2. The molecule has 2 aliphatic heterocycles. The Morgan fingerprint density at radius 3 is 2.48 bits per heavy atom. The van der Waals surface area contributed by atoms with Gasteiger partial charge in [-0.15, -0.1) is 11.3 Å². The van der Waals surface area contributed by atoms with Crippen molar-refractivity contribution in [1.29, 1.82) is 0 Å². The smallest absolute Gasteiger partial charge is 0.246 e. The Hall–Kier alpha value is -2.82. The lowest BCUT2D eigenvalue weighted by Gasteiger charge is -2.50. The summed E-state index contributed by atoms with van der Waals surface area (Å²) in [6.45, 7) is 10.2. The summed E-state index contributed by atoms with van der Waals surface area (Å²) in [7, 11) is 0. The number of aromatic nitrogens is 1. The largest absolute Gasteiger partial charge is 0.391 e. The third-order valence-corrected chi connectivity index (χ3v) is 10.3. The number of aliphatic hydroxyl groups is 1. The molecule has 3 fully saturated rings. The van der Waals surface area contributed by atoms with Gasteiger partial charge in [-0.1, -0.05) is 45.0 Å². The average molecular weight is 596 g/mol. The summed E-state index contributed by atoms with van der Waals surface area (Å²) in [5.41, 5.74) is 4.67. The number of likely N-dealkylation sites (tertiary alicyclic amines) is 1. The molecule has 1 aliphatic carbocycles. The van der Waals surface area contributed by atoms with Gasteiger partial charge in [0.2, 0.25) is 17.7 Å². The highest BCUT2D eigenvalue weighted by Crippen LogP contribution is 2.52. The topological polar surface area (TPSA) is 124 Å². The van der Waals surface area contributed by atoms with Gasteiger partial charge >= 0.3 is 0 Å². The van der Waals surface area contributed by atoms with Crippen LogP contribution in [0.1, 0.15) is 70.6 Å². The molecule has 10 heteroatoms. The van der Waals surface area contributed by atoms with Crippen LogP contribution >= 0.6 is 11.3 Å². The number of carbonyl (C=O) groups excluding carboxylic acids is 3. The van der Waals surface area contributed by atoms with E-state index in [0.29, 0.717) is 24.3 Å². The van der Waals surface area contributed by atoms with E-state index in [1.165, 1.54) is 17.7 Å². The van der Waals surface area contributed by atoms with Crippen LogP contribution in [0.3, 0.4) is 0 Å². The van der Waals surface area contributed by atoms with Crippen molar-refractivity contribution in [3.63, 3.8) is 0 Å². The van der Waals surface area contributed by atoms with Crippen LogP contribution in [0.2, 0.25) is 0 Å². The first-order valence-corrected chi connectivity index (χ1v) is 16.1. The Labute approximate surface area is 252 Å². The van der Waals surface area contributed by atoms with E-state index in [9.17, 15) is 19.5 Å². The van der Waals surface area contributed by atoms with Gasteiger partial charge in [-0.05, 0) is 73.6 Å². The minimum absolute atomic E-state index is 0.0709. The fourth-order valence-corrected chi connectivity index (χ4v) is 7.75. The Morgan fingerprint density at radius 1 is 1.17 bits per heavy atom. The Balaban J connectivity index is 1.18. The maximum atomic E-state index is 13.9. The van der Waals surface area contributed by atoms with Gasteiger partial charge < -0.3 is 26.0 Å². The van der Waals surface area contributed by atoms with Crippen molar-refractivity contribution in [2.45, 2.75) is 91.0 Å². The first-order chi connectivity index (χ1) is 19.9. The summed E-state index contributed by atoms with van der Waals surface area (Å²) < 4.78 is 0. The molecule has 4 N–H and O–H groups in total. The van der Waals surface area contributed by atoms with E-state index in [4.69, 9.17) is 0 Å². The van der Waals surface area contributed by atoms with E-state index < -0.39 is 23.6 Å². The van der Waals surface area contributed by atoms with Crippen LogP contribution in [-0.2, 0) is 20.9 Å². The zero-order chi connectivity index (χ0) is 30.1. The first-order valence-electron chi connectivity index (χ1n) is 15.2. The second-order valence-electron chi connectivity index (χ2n) is 13.7. The molecule has 0 bridgehead atoms. The number of benzene rings is 1. The van der Waals surface area contributed by atoms with Crippen molar-refractivity contribution < 1.29 is 19.5 Å². The number of aryl methyl sites for hydroxylation is 1. The lowest BCUT2D eigenvalue weighted by atomic mass is 9.57. The fourth-order valence-electron chi connectivity index (χ4n) is 6.94. The van der Waals surface area contributed by atoms with Gasteiger partial charge in [-0.25, -0.2) is 4.98 Å². The number of piperidine rings is 1. The van der Waals surface area contributed by atoms with Gasteiger partial charge in [0.1, 0.15) is 12.1 Å². The number of nitrogens with one attached hydrogen (secondary N) is 3. The van der Waals surface area contributed by atoms with Crippen molar-refractivity contribution in [3.8, 4) is 10.4 Å². The van der Waals surface area contributed by atoms with Gasteiger partial charge in [-0.3, -0.25) is 14.4 Å². The molecule has 0 radical (unpaired) electrons. The third kappa shape index (κ3) is 6.87. The number of nitrogens with zero attached hydrogens (tertiary/aromatic N) is 2. The summed E-state index contributed by atoms with van der Waals surface area (Å²) in [5.74, 6) is -0.385. The Bertz CT molecular complexity index is 1270. The third-order valence-electron chi connectivity index (χ3n) is 9.29. The second-order valence-corrected chi connectivity index (χ2v) is 14.5. The monoisotopic (exact) mass is 595 g/mol. The van der Waals surface area contributed by atoms with Gasteiger partial charge in [0.05, 0.1) is 22.2 Å². The number of amides is 3. The number of thiazole rings is 1. The number of carbonyl (C=O) groups is 3. The van der Waals surface area contributed by atoms with Gasteiger partial charge in [0.25, 0.3) is 0 Å². The average Bonchev–Trinajstić information content (AvgIpc) is 3.54. The maximum Gasteiger partial charge on any atom is 0.246 e. The van der Waals surface area contributed by atoms with Crippen molar-refractivity contribution >= 4 is 29.1 Å². The summed E-state index contributed by atoms with van der Waals surface area (Å²) in [5, 5.41) is 19.9. The molecule has 2 saturated heterocycles. The van der Waals surface area contributed by atoms with E-state index >= 15 is 0 Å². The zero-order valence-electron chi connectivity index (χ0n) is 25.2. The predicted molar refractivity (Wildman–Crippen MR) is 164 cm³/mol. The van der Waals surface area contributed by atoms with E-state index in [1.807, 2.05) is 57.5 Å². The molecule has 3 heterocycles. The molecule has 1 aromatic carbocycles. The van der Waals surface area contributed by atoms with E-state index in [-0.39, 0.29) is 30.7 Å². The Kier molecular flexibility index (Phi) is 9.06. The van der Waals surface area contributed by atoms with Crippen LogP contribution in [0.4, 0.5) is 0 Å². The maximum absolute atomic E-state index is 13.9. The quantitative estimate of drug-likeness (QED) is 0.371. The summed E-state index contributed by atoms with van der Waals surface area (Å²) in [6.07, 6.45) is 4.29. The fraction of sp³-hybridized carbons (Fsp3) is 0.625. The van der Waals surface area contributed by atoms with Crippen molar-refractivity contribution in [3.05, 3.63) is 41.0 Å². The predicted octanol–water partition coefficient (Wildman–Crippen LogP) is 3.40. The molecule has 2 aromatic rings. The molecule has 42 heavy (non-hydrogen) atoms. The summed E-state index contributed by atoms with van der Waals surface area (Å²) >= 11 is 1.60. The van der Waals surface area contributed by atoms with Crippen LogP contribution in [0.25, 0.3) is 10.4 Å². The highest BCUT2D eigenvalue weighted by atomic mass is 32.1. The number of hydrogen-bond acceptors (Lipinski definition) is 7. The number of rotatable bonds is 8. The molecule has 3 atom stereocenters. The molecular formula is C32H45N5O4S. The summed E-state index contributed by atoms with van der Waals surface area (Å²) in [6, 6.07) is 6.40. The van der Waals surface area contributed by atoms with Crippen LogP contribution < -0.4 is 16.0 Å². The normalized spacial score (nSPS) is 22.9. The molecule has 228 valence electrons. The molecule has 1 saturated carbocycles. The minimum Gasteiger partial charge on any atom is -0.391 e. The van der Waals surface area contributed by atoms with Crippen LogP contribution in [0, 0.1) is 23.7 Å². The lowest BCUT2D eigenvalue weighted by molar-refractivity contribution is -0.144. The van der Waals surface area contributed by atoms with Crippen LogP contribution in [-0.4, -0.2) is 70.5 Å². The molecule has 1 spiro atoms. The molecule has 0 unspecified atom stereocenters. The number of hydrogen-bond donors (Lipinski definition) is 4. The lowest BCUT2D eigenvalue weighted by Crippen LogP contribution is -2.58. The molecule has 3 aliphatic rings. The van der Waals surface area contributed by atoms with Crippen LogP contribution in [0.5, 0.6) is 0 Å². The molecular weight excluding hydrogens is 550 g/mol. The zero-order valence-corrected chi connectivity index (χ0v) is 26.1. The van der Waals surface area contributed by atoms with Gasteiger partial charge in [0.15, 0.2) is 0 Å². The standard InChI is InChI=1S/C32H45N5O4S/c1-20-27(42-19-35-20)23-7-5-21(6-8-23)17-34-29(40)25-14-24(38)18-37(25)30(41)28(31(2,3)4)36-26(39)13-22-15-32(16-22)9-11-33-12-10-32/h5-8,19,22,24-25,28,33,38H,9-18H2,1-4H3,(H,34,40)(H,36,39)/t24-,25+,28-/m1/s1. The van der Waals surface area contributed by atoms with Gasteiger partial charge in [0, 0.05) is 25.9 Å².